The summed E-state index contributed by atoms with van der Waals surface area (Å²) >= 11 is 1.37. The summed E-state index contributed by atoms with van der Waals surface area (Å²) in [6.45, 7) is 4.51. The van der Waals surface area contributed by atoms with Crippen molar-refractivity contribution in [1.82, 2.24) is 0 Å². The number of ketones is 1. The van der Waals surface area contributed by atoms with Crippen molar-refractivity contribution in [2.24, 2.45) is 17.8 Å². The van der Waals surface area contributed by atoms with Gasteiger partial charge in [-0.3, -0.25) is 4.79 Å². The highest BCUT2D eigenvalue weighted by Gasteiger charge is 2.45. The van der Waals surface area contributed by atoms with Crippen molar-refractivity contribution in [2.75, 3.05) is 5.32 Å². The summed E-state index contributed by atoms with van der Waals surface area (Å²) in [4.78, 5) is 27.4. The van der Waals surface area contributed by atoms with Gasteiger partial charge in [0.2, 0.25) is 0 Å². The highest BCUT2D eigenvalue weighted by molar-refractivity contribution is 7.15. The van der Waals surface area contributed by atoms with Gasteiger partial charge in [0.1, 0.15) is 4.88 Å². The van der Waals surface area contributed by atoms with Gasteiger partial charge in [-0.25, -0.2) is 4.79 Å². The number of hydrogen-bond donors (Lipinski definition) is 2. The van der Waals surface area contributed by atoms with Gasteiger partial charge in [0, 0.05) is 10.8 Å². The van der Waals surface area contributed by atoms with Crippen LogP contribution in [0.4, 0.5) is 5.69 Å². The molecular formula is C26H37NO3S. The fraction of sp³-hybridized carbons (Fsp3) is 0.692. The van der Waals surface area contributed by atoms with Crippen LogP contribution < -0.4 is 5.32 Å². The first-order valence-corrected chi connectivity index (χ1v) is 13.1. The minimum Gasteiger partial charge on any atom is -0.477 e. The summed E-state index contributed by atoms with van der Waals surface area (Å²) in [7, 11) is 0. The Hall–Kier alpha value is -1.62. The molecule has 2 atom stereocenters. The molecule has 170 valence electrons. The molecule has 2 fully saturated rings. The van der Waals surface area contributed by atoms with E-state index in [1.807, 2.05) is 6.07 Å². The molecule has 4 rings (SSSR count). The second kappa shape index (κ2) is 9.48. The maximum absolute atomic E-state index is 13.9. The molecule has 0 bridgehead atoms. The molecule has 1 aromatic heterocycles. The van der Waals surface area contributed by atoms with Crippen molar-refractivity contribution < 1.29 is 14.7 Å². The molecule has 0 amide bonds. The first-order chi connectivity index (χ1) is 14.9. The van der Waals surface area contributed by atoms with E-state index in [4.69, 9.17) is 0 Å². The summed E-state index contributed by atoms with van der Waals surface area (Å²) in [5.74, 6) is 0.738. The molecule has 31 heavy (non-hydrogen) atoms. The zero-order chi connectivity index (χ0) is 22.0. The first kappa shape index (κ1) is 22.6. The van der Waals surface area contributed by atoms with Crippen LogP contribution in [-0.4, -0.2) is 22.4 Å². The monoisotopic (exact) mass is 443 g/mol. The van der Waals surface area contributed by atoms with Gasteiger partial charge >= 0.3 is 5.97 Å². The van der Waals surface area contributed by atoms with E-state index >= 15 is 0 Å². The smallest absolute Gasteiger partial charge is 0.348 e. The number of hydrogen-bond acceptors (Lipinski definition) is 4. The van der Waals surface area contributed by atoms with Gasteiger partial charge < -0.3 is 10.4 Å². The second-order valence-electron chi connectivity index (χ2n) is 10.4. The van der Waals surface area contributed by atoms with E-state index in [9.17, 15) is 14.7 Å². The van der Waals surface area contributed by atoms with E-state index in [1.54, 1.807) is 0 Å². The maximum atomic E-state index is 13.9. The number of carbonyl (C=O) groups is 2. The number of rotatable bonds is 6. The van der Waals surface area contributed by atoms with E-state index < -0.39 is 11.5 Å². The average molecular weight is 444 g/mol. The molecule has 1 aromatic rings. The van der Waals surface area contributed by atoms with Gasteiger partial charge in [-0.2, -0.15) is 0 Å². The van der Waals surface area contributed by atoms with Crippen molar-refractivity contribution in [1.29, 1.82) is 0 Å². The van der Waals surface area contributed by atoms with Gasteiger partial charge in [0.05, 0.1) is 11.2 Å². The standard InChI is InChI=1S/C26H37NO3S/c1-17-10-12-20(13-11-17)24(28)26(14-6-7-18(2)16-26)27-21-15-22(31-23(21)25(29)30)19-8-4-3-5-9-19/h8,15,17-18,20,27H,3-7,9-14,16H2,1-2H3,(H,29,30). The summed E-state index contributed by atoms with van der Waals surface area (Å²) in [5.41, 5.74) is 1.31. The van der Waals surface area contributed by atoms with E-state index in [0.29, 0.717) is 28.2 Å². The second-order valence-corrected chi connectivity index (χ2v) is 11.4. The molecule has 0 aliphatic heterocycles. The fourth-order valence-corrected chi connectivity index (χ4v) is 7.00. The maximum Gasteiger partial charge on any atom is 0.348 e. The number of carboxylic acid groups (broad SMARTS) is 1. The van der Waals surface area contributed by atoms with E-state index in [0.717, 1.165) is 75.5 Å². The molecule has 4 nitrogen and oxygen atoms in total. The van der Waals surface area contributed by atoms with E-state index in [1.165, 1.54) is 23.3 Å². The lowest BCUT2D eigenvalue weighted by Gasteiger charge is -2.43. The topological polar surface area (TPSA) is 66.4 Å². The van der Waals surface area contributed by atoms with Crippen LogP contribution >= 0.6 is 11.3 Å². The third-order valence-corrected chi connectivity index (χ3v) is 8.96. The Morgan fingerprint density at radius 3 is 2.48 bits per heavy atom. The van der Waals surface area contributed by atoms with Gasteiger partial charge in [-0.15, -0.1) is 11.3 Å². The number of carboxylic acids is 1. The van der Waals surface area contributed by atoms with Gasteiger partial charge in [0.25, 0.3) is 0 Å². The zero-order valence-corrected chi connectivity index (χ0v) is 19.9. The Kier molecular flexibility index (Phi) is 6.90. The SMILES string of the molecule is CC1CCC(C(=O)C2(Nc3cc(C4=CCCCC4)sc3C(=O)O)CCCC(C)C2)CC1. The van der Waals surface area contributed by atoms with Gasteiger partial charge in [-0.05, 0) is 74.8 Å². The minimum absolute atomic E-state index is 0.112. The van der Waals surface area contributed by atoms with Crippen LogP contribution in [0.1, 0.15) is 105 Å². The Morgan fingerprint density at radius 2 is 1.84 bits per heavy atom. The quantitative estimate of drug-likeness (QED) is 0.489. The van der Waals surface area contributed by atoms with Crippen molar-refractivity contribution in [3.05, 3.63) is 21.9 Å². The summed E-state index contributed by atoms with van der Waals surface area (Å²) in [5, 5.41) is 13.5. The van der Waals surface area contributed by atoms with E-state index in [-0.39, 0.29) is 5.92 Å². The number of allylic oxidation sites excluding steroid dienone is 2. The average Bonchev–Trinajstić information content (AvgIpc) is 3.18. The third-order valence-electron chi connectivity index (χ3n) is 7.76. The fourth-order valence-electron chi connectivity index (χ4n) is 5.98. The molecule has 2 N–H and O–H groups in total. The summed E-state index contributed by atoms with van der Waals surface area (Å²) in [6.07, 6.45) is 14.7. The molecule has 0 radical (unpaired) electrons. The number of anilines is 1. The lowest BCUT2D eigenvalue weighted by Crippen LogP contribution is -2.52. The van der Waals surface area contributed by atoms with Crippen molar-refractivity contribution in [3.63, 3.8) is 0 Å². The first-order valence-electron chi connectivity index (χ1n) is 12.3. The van der Waals surface area contributed by atoms with Gasteiger partial charge in [0.15, 0.2) is 5.78 Å². The molecular weight excluding hydrogens is 406 g/mol. The zero-order valence-electron chi connectivity index (χ0n) is 19.0. The van der Waals surface area contributed by atoms with Crippen LogP contribution in [0, 0.1) is 17.8 Å². The highest BCUT2D eigenvalue weighted by atomic mass is 32.1. The lowest BCUT2D eigenvalue weighted by atomic mass is 9.68. The Bertz CT molecular complexity index is 849. The van der Waals surface area contributed by atoms with Crippen LogP contribution in [0.5, 0.6) is 0 Å². The minimum atomic E-state index is -0.895. The Labute approximate surface area is 190 Å². The largest absolute Gasteiger partial charge is 0.477 e. The van der Waals surface area contributed by atoms with Gasteiger partial charge in [-0.1, -0.05) is 45.6 Å². The predicted molar refractivity (Wildman–Crippen MR) is 128 cm³/mol. The van der Waals surface area contributed by atoms with Crippen molar-refractivity contribution in [2.45, 2.75) is 96.4 Å². The molecule has 3 aliphatic carbocycles. The Balaban J connectivity index is 1.65. The molecule has 3 aliphatic rings. The molecule has 5 heteroatoms. The molecule has 0 saturated heterocycles. The number of thiophene rings is 1. The predicted octanol–water partition coefficient (Wildman–Crippen LogP) is 7.16. The Morgan fingerprint density at radius 1 is 1.06 bits per heavy atom. The summed E-state index contributed by atoms with van der Waals surface area (Å²) in [6, 6.07) is 2.02. The molecule has 1 heterocycles. The molecule has 0 aromatic carbocycles. The van der Waals surface area contributed by atoms with Crippen molar-refractivity contribution >= 4 is 34.3 Å². The van der Waals surface area contributed by atoms with Crippen LogP contribution in [0.15, 0.2) is 12.1 Å². The van der Waals surface area contributed by atoms with Crippen LogP contribution in [0.2, 0.25) is 0 Å². The number of aromatic carboxylic acids is 1. The van der Waals surface area contributed by atoms with Crippen LogP contribution in [-0.2, 0) is 4.79 Å². The number of nitrogens with one attached hydrogen (secondary N) is 1. The number of Topliss-reactive ketones (excluding diaryl/α,β-unsaturated/α-hetero) is 1. The van der Waals surface area contributed by atoms with E-state index in [2.05, 4.69) is 25.2 Å². The highest BCUT2D eigenvalue weighted by Crippen LogP contribution is 2.43. The lowest BCUT2D eigenvalue weighted by molar-refractivity contribution is -0.130. The van der Waals surface area contributed by atoms with Crippen LogP contribution in [0.3, 0.4) is 0 Å². The van der Waals surface area contributed by atoms with Crippen molar-refractivity contribution in [3.8, 4) is 0 Å². The molecule has 0 spiro atoms. The van der Waals surface area contributed by atoms with Crippen LogP contribution in [0.25, 0.3) is 5.57 Å². The summed E-state index contributed by atoms with van der Waals surface area (Å²) < 4.78 is 0. The molecule has 2 saturated carbocycles. The molecule has 2 unspecified atom stereocenters. The normalized spacial score (nSPS) is 31.7. The third kappa shape index (κ3) is 4.92. The number of carbonyl (C=O) groups excluding carboxylic acids is 1.